The van der Waals surface area contributed by atoms with Gasteiger partial charge in [0.2, 0.25) is 11.8 Å². The van der Waals surface area contributed by atoms with Gasteiger partial charge in [-0.3, -0.25) is 9.48 Å². The second kappa shape index (κ2) is 10.1. The van der Waals surface area contributed by atoms with E-state index in [0.29, 0.717) is 42.6 Å². The van der Waals surface area contributed by atoms with Crippen LogP contribution in [0.15, 0.2) is 30.5 Å². The first-order valence-corrected chi connectivity index (χ1v) is 11.4. The number of carbonyl (C=O) groups is 1. The van der Waals surface area contributed by atoms with Crippen LogP contribution in [0.3, 0.4) is 0 Å². The number of nitrogens with zero attached hydrogens (tertiary/aromatic N) is 5. The Balaban J connectivity index is 1.45. The molecular formula is C23H24Cl2FN5O3. The molecule has 0 spiro atoms. The number of amides is 1. The lowest BCUT2D eigenvalue weighted by Crippen LogP contribution is -2.49. The minimum atomic E-state index is -0.575. The summed E-state index contributed by atoms with van der Waals surface area (Å²) in [5.74, 6) is 0.193. The van der Waals surface area contributed by atoms with Gasteiger partial charge >= 0.3 is 0 Å². The van der Waals surface area contributed by atoms with E-state index >= 15 is 0 Å². The fraction of sp³-hybridized carbons (Fsp3) is 0.348. The maximum absolute atomic E-state index is 14.4. The molecule has 0 atom stereocenters. The second-order valence-corrected chi connectivity index (χ2v) is 8.58. The van der Waals surface area contributed by atoms with Gasteiger partial charge in [-0.05, 0) is 19.1 Å². The zero-order chi connectivity index (χ0) is 24.4. The molecule has 1 fully saturated rings. The number of methoxy groups -OCH3 is 2. The van der Waals surface area contributed by atoms with Gasteiger partial charge in [0, 0.05) is 49.6 Å². The zero-order valence-corrected chi connectivity index (χ0v) is 20.5. The van der Waals surface area contributed by atoms with Crippen LogP contribution in [0.1, 0.15) is 5.69 Å². The molecule has 4 rings (SSSR count). The lowest BCUT2D eigenvalue weighted by Gasteiger charge is -2.36. The molecule has 8 nitrogen and oxygen atoms in total. The molecule has 1 aliphatic rings. The zero-order valence-electron chi connectivity index (χ0n) is 19.0. The van der Waals surface area contributed by atoms with Gasteiger partial charge in [-0.25, -0.2) is 9.37 Å². The SMILES string of the molecule is COc1cc(-c2nn(CC(=O)N3CCN(c4ccc(Cl)c(OC)c4)CC3)c(C)c2Cl)c(F)cn1. The van der Waals surface area contributed by atoms with Crippen molar-refractivity contribution in [1.82, 2.24) is 19.7 Å². The summed E-state index contributed by atoms with van der Waals surface area (Å²) in [5, 5.41) is 5.25. The first-order valence-electron chi connectivity index (χ1n) is 10.6. The summed E-state index contributed by atoms with van der Waals surface area (Å²) in [6.45, 7) is 4.20. The Morgan fingerprint density at radius 2 is 1.85 bits per heavy atom. The highest BCUT2D eigenvalue weighted by atomic mass is 35.5. The number of piperazine rings is 1. The van der Waals surface area contributed by atoms with Crippen molar-refractivity contribution in [2.45, 2.75) is 13.5 Å². The number of anilines is 1. The van der Waals surface area contributed by atoms with Crippen molar-refractivity contribution in [2.24, 2.45) is 0 Å². The summed E-state index contributed by atoms with van der Waals surface area (Å²) in [6.07, 6.45) is 1.06. The number of pyridine rings is 1. The Bertz CT molecular complexity index is 1210. The number of hydrogen-bond donors (Lipinski definition) is 0. The molecule has 0 bridgehead atoms. The Morgan fingerprint density at radius 1 is 1.12 bits per heavy atom. The van der Waals surface area contributed by atoms with E-state index in [9.17, 15) is 9.18 Å². The number of hydrogen-bond acceptors (Lipinski definition) is 6. The quantitative estimate of drug-likeness (QED) is 0.500. The molecule has 1 aromatic carbocycles. The smallest absolute Gasteiger partial charge is 0.244 e. The van der Waals surface area contributed by atoms with Crippen LogP contribution < -0.4 is 14.4 Å². The van der Waals surface area contributed by atoms with E-state index in [1.807, 2.05) is 12.1 Å². The average Bonchev–Trinajstić information content (AvgIpc) is 3.13. The maximum Gasteiger partial charge on any atom is 0.244 e. The molecule has 0 aliphatic carbocycles. The molecule has 3 aromatic rings. The number of ether oxygens (including phenoxy) is 2. The van der Waals surface area contributed by atoms with E-state index in [1.54, 1.807) is 25.0 Å². The number of rotatable bonds is 6. The number of aromatic nitrogens is 3. The molecule has 1 saturated heterocycles. The molecule has 0 unspecified atom stereocenters. The van der Waals surface area contributed by atoms with Crippen LogP contribution in [0.2, 0.25) is 10.0 Å². The van der Waals surface area contributed by atoms with E-state index in [2.05, 4.69) is 15.0 Å². The van der Waals surface area contributed by atoms with Crippen molar-refractivity contribution in [3.8, 4) is 22.9 Å². The number of benzene rings is 1. The van der Waals surface area contributed by atoms with Gasteiger partial charge < -0.3 is 19.3 Å². The van der Waals surface area contributed by atoms with E-state index in [0.717, 1.165) is 11.9 Å². The van der Waals surface area contributed by atoms with Crippen molar-refractivity contribution in [3.05, 3.63) is 52.0 Å². The number of halogens is 3. The average molecular weight is 508 g/mol. The summed E-state index contributed by atoms with van der Waals surface area (Å²) in [5.41, 5.74) is 1.97. The first-order chi connectivity index (χ1) is 16.3. The molecule has 180 valence electrons. The first kappa shape index (κ1) is 24.1. The summed E-state index contributed by atoms with van der Waals surface area (Å²) in [7, 11) is 3.02. The van der Waals surface area contributed by atoms with Crippen molar-refractivity contribution < 1.29 is 18.7 Å². The Morgan fingerprint density at radius 3 is 2.53 bits per heavy atom. The van der Waals surface area contributed by atoms with Crippen LogP contribution in [-0.4, -0.2) is 66.0 Å². The predicted octanol–water partition coefficient (Wildman–Crippen LogP) is 4.07. The predicted molar refractivity (Wildman–Crippen MR) is 129 cm³/mol. The fourth-order valence-corrected chi connectivity index (χ4v) is 4.28. The maximum atomic E-state index is 14.4. The Kier molecular flexibility index (Phi) is 7.13. The molecule has 0 radical (unpaired) electrons. The van der Waals surface area contributed by atoms with Gasteiger partial charge in [-0.1, -0.05) is 23.2 Å². The van der Waals surface area contributed by atoms with Crippen molar-refractivity contribution in [2.75, 3.05) is 45.3 Å². The van der Waals surface area contributed by atoms with Gasteiger partial charge in [0.05, 0.1) is 36.2 Å². The fourth-order valence-electron chi connectivity index (χ4n) is 3.85. The number of carbonyl (C=O) groups excluding carboxylic acids is 1. The van der Waals surface area contributed by atoms with Crippen molar-refractivity contribution in [3.63, 3.8) is 0 Å². The minimum Gasteiger partial charge on any atom is -0.495 e. The highest BCUT2D eigenvalue weighted by Crippen LogP contribution is 2.33. The van der Waals surface area contributed by atoms with Gasteiger partial charge in [-0.2, -0.15) is 5.10 Å². The van der Waals surface area contributed by atoms with Crippen LogP contribution in [-0.2, 0) is 11.3 Å². The standard InChI is InChI=1S/C23H24Cl2FN5O3/c1-14-22(25)23(16-11-20(34-3)27-12-18(16)26)28-31(14)13-21(32)30-8-6-29(7-9-30)15-4-5-17(24)19(10-15)33-2/h4-5,10-12H,6-9,13H2,1-3H3. The summed E-state index contributed by atoms with van der Waals surface area (Å²) >= 11 is 12.6. The topological polar surface area (TPSA) is 72.7 Å². The van der Waals surface area contributed by atoms with E-state index in [-0.39, 0.29) is 34.6 Å². The van der Waals surface area contributed by atoms with Gasteiger partial charge in [0.1, 0.15) is 18.0 Å². The van der Waals surface area contributed by atoms with E-state index < -0.39 is 5.82 Å². The Hall–Kier alpha value is -3.04. The molecule has 0 saturated carbocycles. The molecule has 0 N–H and O–H groups in total. The van der Waals surface area contributed by atoms with Crippen LogP contribution in [0, 0.1) is 12.7 Å². The van der Waals surface area contributed by atoms with Crippen LogP contribution in [0.5, 0.6) is 11.6 Å². The Labute approximate surface area is 206 Å². The largest absolute Gasteiger partial charge is 0.495 e. The third-order valence-electron chi connectivity index (χ3n) is 5.85. The molecule has 1 aliphatic heterocycles. The van der Waals surface area contributed by atoms with Gasteiger partial charge in [0.15, 0.2) is 5.82 Å². The molecule has 11 heteroatoms. The highest BCUT2D eigenvalue weighted by Gasteiger charge is 2.25. The third kappa shape index (κ3) is 4.76. The van der Waals surface area contributed by atoms with Gasteiger partial charge in [-0.15, -0.1) is 0 Å². The van der Waals surface area contributed by atoms with Crippen molar-refractivity contribution >= 4 is 34.8 Å². The lowest BCUT2D eigenvalue weighted by atomic mass is 10.2. The normalized spacial score (nSPS) is 13.8. The highest BCUT2D eigenvalue weighted by molar-refractivity contribution is 6.33. The van der Waals surface area contributed by atoms with Crippen LogP contribution in [0.4, 0.5) is 10.1 Å². The molecule has 34 heavy (non-hydrogen) atoms. The van der Waals surface area contributed by atoms with Gasteiger partial charge in [0.25, 0.3) is 0 Å². The summed E-state index contributed by atoms with van der Waals surface area (Å²) in [6, 6.07) is 7.06. The summed E-state index contributed by atoms with van der Waals surface area (Å²) < 4.78 is 26.3. The minimum absolute atomic E-state index is 0.00413. The van der Waals surface area contributed by atoms with Crippen LogP contribution >= 0.6 is 23.2 Å². The molecule has 3 heterocycles. The molecule has 1 amide bonds. The third-order valence-corrected chi connectivity index (χ3v) is 6.61. The van der Waals surface area contributed by atoms with Crippen LogP contribution in [0.25, 0.3) is 11.3 Å². The lowest BCUT2D eigenvalue weighted by molar-refractivity contribution is -0.132. The van der Waals surface area contributed by atoms with Crippen molar-refractivity contribution in [1.29, 1.82) is 0 Å². The summed E-state index contributed by atoms with van der Waals surface area (Å²) in [4.78, 5) is 20.8. The molecule has 2 aromatic heterocycles. The van der Waals surface area contributed by atoms with E-state index in [4.69, 9.17) is 32.7 Å². The second-order valence-electron chi connectivity index (χ2n) is 7.80. The molecular weight excluding hydrogens is 484 g/mol. The monoisotopic (exact) mass is 507 g/mol. The van der Waals surface area contributed by atoms with E-state index in [1.165, 1.54) is 17.9 Å².